The third-order valence-corrected chi connectivity index (χ3v) is 5.51. The van der Waals surface area contributed by atoms with E-state index in [1.54, 1.807) is 18.5 Å². The van der Waals surface area contributed by atoms with Gasteiger partial charge in [0.1, 0.15) is 0 Å². The van der Waals surface area contributed by atoms with Crippen LogP contribution in [-0.2, 0) is 4.79 Å². The average molecular weight is 429 g/mol. The average Bonchev–Trinajstić information content (AvgIpc) is 3.25. The summed E-state index contributed by atoms with van der Waals surface area (Å²) in [4.78, 5) is 18.2. The Morgan fingerprint density at radius 3 is 2.58 bits per heavy atom. The van der Waals surface area contributed by atoms with Crippen LogP contribution in [0.3, 0.4) is 0 Å². The standard InChI is InChI=1S/C26H21ClN2O2/c1-2-21(22-12-13-28-16-23(22)27)26(20-8-9-24-19(15-20)11-14-29-24)18-6-3-17(4-7-18)5-10-25(30)31/h3-16,29H,2H2,1H3,(H,30,31)/b10-5+,26-21+. The lowest BCUT2D eigenvalue weighted by Crippen LogP contribution is -1.96. The lowest BCUT2D eigenvalue weighted by Gasteiger charge is -2.17. The van der Waals surface area contributed by atoms with E-state index >= 15 is 0 Å². The number of hydrogen-bond acceptors (Lipinski definition) is 2. The molecule has 0 aliphatic carbocycles. The first kappa shape index (κ1) is 20.6. The number of benzene rings is 2. The lowest BCUT2D eigenvalue weighted by molar-refractivity contribution is -0.131. The maximum atomic E-state index is 10.8. The Balaban J connectivity index is 1.92. The van der Waals surface area contributed by atoms with Gasteiger partial charge in [0, 0.05) is 30.2 Å². The second kappa shape index (κ2) is 9.02. The Hall–Kier alpha value is -3.63. The first-order chi connectivity index (χ1) is 15.1. The summed E-state index contributed by atoms with van der Waals surface area (Å²) in [6.07, 6.45) is 8.86. The van der Waals surface area contributed by atoms with E-state index in [0.29, 0.717) is 5.02 Å². The van der Waals surface area contributed by atoms with Gasteiger partial charge in [0.05, 0.1) is 5.02 Å². The summed E-state index contributed by atoms with van der Waals surface area (Å²) in [5.41, 5.74) is 7.20. The van der Waals surface area contributed by atoms with E-state index in [9.17, 15) is 4.79 Å². The Labute approximate surface area is 185 Å². The first-order valence-electron chi connectivity index (χ1n) is 9.99. The SMILES string of the molecule is CC/C(=C(/c1ccc(/C=C/C(=O)O)cc1)c1ccc2[nH]ccc2c1)c1ccncc1Cl. The largest absolute Gasteiger partial charge is 0.478 e. The molecule has 0 aliphatic heterocycles. The van der Waals surface area contributed by atoms with Crippen molar-refractivity contribution in [3.8, 4) is 0 Å². The molecule has 0 unspecified atom stereocenters. The van der Waals surface area contributed by atoms with Crippen molar-refractivity contribution in [3.63, 3.8) is 0 Å². The van der Waals surface area contributed by atoms with Crippen molar-refractivity contribution in [2.75, 3.05) is 0 Å². The molecule has 2 aromatic heterocycles. The Kier molecular flexibility index (Phi) is 6.01. The number of aromatic nitrogens is 2. The van der Waals surface area contributed by atoms with E-state index in [1.807, 2.05) is 36.5 Å². The van der Waals surface area contributed by atoms with Gasteiger partial charge >= 0.3 is 5.97 Å². The molecule has 0 saturated carbocycles. The molecule has 0 saturated heterocycles. The van der Waals surface area contributed by atoms with Gasteiger partial charge in [-0.25, -0.2) is 4.79 Å². The fourth-order valence-corrected chi connectivity index (χ4v) is 4.01. The molecule has 0 atom stereocenters. The number of aromatic amines is 1. The number of aliphatic carboxylic acids is 1. The smallest absolute Gasteiger partial charge is 0.328 e. The summed E-state index contributed by atoms with van der Waals surface area (Å²) >= 11 is 6.52. The van der Waals surface area contributed by atoms with Crippen LogP contribution in [0.5, 0.6) is 0 Å². The van der Waals surface area contributed by atoms with Gasteiger partial charge in [-0.1, -0.05) is 48.9 Å². The van der Waals surface area contributed by atoms with Crippen LogP contribution in [0.25, 0.3) is 28.1 Å². The van der Waals surface area contributed by atoms with Gasteiger partial charge in [0.25, 0.3) is 0 Å². The third kappa shape index (κ3) is 4.44. The highest BCUT2D eigenvalue weighted by Gasteiger charge is 2.16. The quantitative estimate of drug-likeness (QED) is 0.336. The molecule has 31 heavy (non-hydrogen) atoms. The molecule has 0 fully saturated rings. The molecule has 4 aromatic rings. The second-order valence-electron chi connectivity index (χ2n) is 7.14. The molecule has 4 nitrogen and oxygen atoms in total. The number of pyridine rings is 1. The number of carboxylic acid groups (broad SMARTS) is 1. The maximum absolute atomic E-state index is 10.8. The number of H-pyrrole nitrogens is 1. The number of nitrogens with zero attached hydrogens (tertiary/aromatic N) is 1. The van der Waals surface area contributed by atoms with Crippen LogP contribution < -0.4 is 0 Å². The van der Waals surface area contributed by atoms with Crippen molar-refractivity contribution in [2.45, 2.75) is 13.3 Å². The molecule has 5 heteroatoms. The van der Waals surface area contributed by atoms with Gasteiger partial charge in [-0.2, -0.15) is 0 Å². The van der Waals surface area contributed by atoms with Crippen LogP contribution >= 0.6 is 11.6 Å². The van der Waals surface area contributed by atoms with Gasteiger partial charge in [-0.3, -0.25) is 4.98 Å². The van der Waals surface area contributed by atoms with Crippen LogP contribution in [0.4, 0.5) is 0 Å². The zero-order valence-electron chi connectivity index (χ0n) is 17.0. The Morgan fingerprint density at radius 2 is 1.87 bits per heavy atom. The molecule has 0 aliphatic rings. The van der Waals surface area contributed by atoms with Crippen LogP contribution in [0.1, 0.15) is 35.6 Å². The number of carbonyl (C=O) groups is 1. The van der Waals surface area contributed by atoms with Crippen LogP contribution in [0.2, 0.25) is 5.02 Å². The predicted molar refractivity (Wildman–Crippen MR) is 127 cm³/mol. The Morgan fingerprint density at radius 1 is 1.10 bits per heavy atom. The summed E-state index contributed by atoms with van der Waals surface area (Å²) < 4.78 is 0. The summed E-state index contributed by atoms with van der Waals surface area (Å²) in [6.45, 7) is 2.12. The zero-order valence-corrected chi connectivity index (χ0v) is 17.7. The van der Waals surface area contributed by atoms with Crippen LogP contribution in [-0.4, -0.2) is 21.0 Å². The number of allylic oxidation sites excluding steroid dienone is 1. The van der Waals surface area contributed by atoms with Gasteiger partial charge < -0.3 is 10.1 Å². The highest BCUT2D eigenvalue weighted by molar-refractivity contribution is 6.32. The molecule has 2 aromatic carbocycles. The van der Waals surface area contributed by atoms with Gasteiger partial charge in [-0.05, 0) is 75.5 Å². The number of rotatable bonds is 6. The Bertz CT molecular complexity index is 1300. The van der Waals surface area contributed by atoms with Crippen molar-refractivity contribution in [1.29, 1.82) is 0 Å². The topological polar surface area (TPSA) is 66.0 Å². The number of nitrogens with one attached hydrogen (secondary N) is 1. The molecular weight excluding hydrogens is 408 g/mol. The fourth-order valence-electron chi connectivity index (χ4n) is 3.77. The van der Waals surface area contributed by atoms with Gasteiger partial charge in [0.2, 0.25) is 0 Å². The predicted octanol–water partition coefficient (Wildman–Crippen LogP) is 6.68. The third-order valence-electron chi connectivity index (χ3n) is 5.21. The van der Waals surface area contributed by atoms with E-state index < -0.39 is 5.97 Å². The first-order valence-corrected chi connectivity index (χ1v) is 10.4. The summed E-state index contributed by atoms with van der Waals surface area (Å²) in [5.74, 6) is -0.968. The molecule has 0 spiro atoms. The van der Waals surface area contributed by atoms with Crippen molar-refractivity contribution < 1.29 is 9.90 Å². The summed E-state index contributed by atoms with van der Waals surface area (Å²) in [5, 5.41) is 10.6. The monoisotopic (exact) mass is 428 g/mol. The van der Waals surface area contributed by atoms with Gasteiger partial charge in [-0.15, -0.1) is 0 Å². The highest BCUT2D eigenvalue weighted by atomic mass is 35.5. The summed E-state index contributed by atoms with van der Waals surface area (Å²) in [6, 6.07) is 18.2. The number of fused-ring (bicyclic) bond motifs is 1. The van der Waals surface area contributed by atoms with Crippen molar-refractivity contribution in [3.05, 3.63) is 107 Å². The molecule has 154 valence electrons. The van der Waals surface area contributed by atoms with Crippen molar-refractivity contribution >= 4 is 45.7 Å². The molecule has 4 rings (SSSR count). The minimum atomic E-state index is -0.968. The summed E-state index contributed by atoms with van der Waals surface area (Å²) in [7, 11) is 0. The molecule has 0 amide bonds. The lowest BCUT2D eigenvalue weighted by atomic mass is 9.87. The fraction of sp³-hybridized carbons (Fsp3) is 0.0769. The van der Waals surface area contributed by atoms with E-state index in [0.717, 1.165) is 56.8 Å². The van der Waals surface area contributed by atoms with Crippen LogP contribution in [0.15, 0.2) is 79.3 Å². The number of halogens is 1. The second-order valence-corrected chi connectivity index (χ2v) is 7.54. The maximum Gasteiger partial charge on any atom is 0.328 e. The van der Waals surface area contributed by atoms with Crippen molar-refractivity contribution in [2.24, 2.45) is 0 Å². The zero-order chi connectivity index (χ0) is 21.8. The molecule has 2 N–H and O–H groups in total. The van der Waals surface area contributed by atoms with Crippen LogP contribution in [0, 0.1) is 0 Å². The minimum Gasteiger partial charge on any atom is -0.478 e. The molecule has 0 radical (unpaired) electrons. The van der Waals surface area contributed by atoms with Crippen molar-refractivity contribution in [1.82, 2.24) is 9.97 Å². The minimum absolute atomic E-state index is 0.612. The van der Waals surface area contributed by atoms with E-state index in [2.05, 4.69) is 41.2 Å². The highest BCUT2D eigenvalue weighted by Crippen LogP contribution is 2.37. The molecular formula is C26H21ClN2O2. The number of hydrogen-bond donors (Lipinski definition) is 2. The molecule has 2 heterocycles. The van der Waals surface area contributed by atoms with E-state index in [4.69, 9.17) is 16.7 Å². The molecule has 0 bridgehead atoms. The van der Waals surface area contributed by atoms with Gasteiger partial charge in [0.15, 0.2) is 0 Å². The van der Waals surface area contributed by atoms with E-state index in [1.165, 1.54) is 0 Å². The normalized spacial score (nSPS) is 12.3. The van der Waals surface area contributed by atoms with E-state index in [-0.39, 0.29) is 0 Å². The number of carboxylic acids is 1.